The van der Waals surface area contributed by atoms with Gasteiger partial charge in [0.1, 0.15) is 18.1 Å². The lowest BCUT2D eigenvalue weighted by atomic mass is 9.69. The largest absolute Gasteiger partial charge is 0.508 e. The number of halogens is 1. The number of para-hydroxylation sites is 1. The Morgan fingerprint density at radius 2 is 1.85 bits per heavy atom. The molecule has 2 aliphatic heterocycles. The summed E-state index contributed by atoms with van der Waals surface area (Å²) in [5.41, 5.74) is 4.29. The van der Waals surface area contributed by atoms with Gasteiger partial charge >= 0.3 is 0 Å². The van der Waals surface area contributed by atoms with E-state index in [2.05, 4.69) is 6.92 Å². The zero-order valence-electron chi connectivity index (χ0n) is 23.6. The number of phenols is 1. The Hall–Kier alpha value is -3.09. The topological polar surface area (TPSA) is 76.1 Å². The number of phenolic OH excluding ortho intramolecular Hbond substituents is 1. The van der Waals surface area contributed by atoms with Crippen molar-refractivity contribution in [2.45, 2.75) is 70.4 Å². The maximum absolute atomic E-state index is 13.9. The van der Waals surface area contributed by atoms with Crippen LogP contribution in [0.15, 0.2) is 65.3 Å². The lowest BCUT2D eigenvalue weighted by molar-refractivity contribution is -0.143. The number of hydrogen-bond acceptors (Lipinski definition) is 5. The molecular formula is C34H38ClNO5. The van der Waals surface area contributed by atoms with Crippen molar-refractivity contribution >= 4 is 29.5 Å². The predicted octanol–water partition coefficient (Wildman–Crippen LogP) is 6.96. The molecule has 216 valence electrons. The van der Waals surface area contributed by atoms with E-state index >= 15 is 0 Å². The van der Waals surface area contributed by atoms with Gasteiger partial charge in [-0.3, -0.25) is 14.5 Å². The quantitative estimate of drug-likeness (QED) is 0.272. The number of likely N-dealkylation sites (tertiary alicyclic amines) is 1. The number of carbonyl (C=O) groups excluding carboxylic acids is 2. The van der Waals surface area contributed by atoms with E-state index in [0.29, 0.717) is 24.7 Å². The highest BCUT2D eigenvalue weighted by Crippen LogP contribution is 2.51. The van der Waals surface area contributed by atoms with Gasteiger partial charge in [-0.15, -0.1) is 0 Å². The van der Waals surface area contributed by atoms with E-state index in [1.54, 1.807) is 17.0 Å². The summed E-state index contributed by atoms with van der Waals surface area (Å²) in [6.45, 7) is 2.92. The zero-order chi connectivity index (χ0) is 28.5. The molecule has 0 bridgehead atoms. The van der Waals surface area contributed by atoms with E-state index in [1.807, 2.05) is 42.5 Å². The molecule has 7 heteroatoms. The molecule has 0 aromatic heterocycles. The number of ether oxygens (including phenoxy) is 2. The normalized spacial score (nSPS) is 26.9. The standard InChI is InChI=1S/C34H38ClNO5/c1-21(16-22-13-14-25(37)18-29(22)35)12-15-30-31-23(19-40-26-10-6-3-7-11-26)17-27-32(28(31)20-41-30)34(39)36(33(27)38)24-8-4-2-5-9-24/h3,6-7,10-11,13-14,16,18,24,27-28,30,32,37H,2,4-5,8-9,12,15,17,19-20H2,1H3/b21-16+/t27-,28+,30-,32-/m1/s1. The molecule has 4 aliphatic rings. The fourth-order valence-electron chi connectivity index (χ4n) is 7.35. The van der Waals surface area contributed by atoms with Crippen LogP contribution in [0.2, 0.25) is 5.02 Å². The Labute approximate surface area is 247 Å². The van der Waals surface area contributed by atoms with Gasteiger partial charge in [0, 0.05) is 12.0 Å². The van der Waals surface area contributed by atoms with Crippen LogP contribution in [0.1, 0.15) is 63.9 Å². The molecule has 0 radical (unpaired) electrons. The van der Waals surface area contributed by atoms with E-state index in [9.17, 15) is 14.7 Å². The summed E-state index contributed by atoms with van der Waals surface area (Å²) in [6.07, 6.45) is 9.20. The Kier molecular flexibility index (Phi) is 8.23. The van der Waals surface area contributed by atoms with E-state index in [-0.39, 0.29) is 47.5 Å². The Bertz CT molecular complexity index is 1360. The first-order chi connectivity index (χ1) is 19.9. The number of hydrogen-bond donors (Lipinski definition) is 1. The Balaban J connectivity index is 1.24. The number of aromatic hydroxyl groups is 1. The summed E-state index contributed by atoms with van der Waals surface area (Å²) in [5.74, 6) is 0.206. The minimum Gasteiger partial charge on any atom is -0.508 e. The van der Waals surface area contributed by atoms with Crippen LogP contribution in [0, 0.1) is 17.8 Å². The number of benzene rings is 2. The second kappa shape index (κ2) is 12.0. The van der Waals surface area contributed by atoms with Crippen molar-refractivity contribution in [2.75, 3.05) is 13.2 Å². The van der Waals surface area contributed by atoms with Gasteiger partial charge in [-0.2, -0.15) is 0 Å². The summed E-state index contributed by atoms with van der Waals surface area (Å²) < 4.78 is 12.6. The second-order valence-electron chi connectivity index (χ2n) is 12.0. The van der Waals surface area contributed by atoms with Crippen LogP contribution in [0.4, 0.5) is 0 Å². The molecule has 3 fully saturated rings. The third-order valence-corrected chi connectivity index (χ3v) is 9.65. The first kappa shape index (κ1) is 28.0. The van der Waals surface area contributed by atoms with Gasteiger partial charge in [0.05, 0.1) is 29.6 Å². The monoisotopic (exact) mass is 575 g/mol. The van der Waals surface area contributed by atoms with Crippen molar-refractivity contribution in [3.8, 4) is 11.5 Å². The maximum Gasteiger partial charge on any atom is 0.234 e. The van der Waals surface area contributed by atoms with Crippen LogP contribution >= 0.6 is 11.6 Å². The van der Waals surface area contributed by atoms with E-state index in [4.69, 9.17) is 21.1 Å². The molecule has 1 saturated carbocycles. The Morgan fingerprint density at radius 3 is 2.61 bits per heavy atom. The van der Waals surface area contributed by atoms with Crippen LogP contribution in [-0.2, 0) is 14.3 Å². The van der Waals surface area contributed by atoms with E-state index in [0.717, 1.165) is 61.0 Å². The SMILES string of the molecule is C/C(=C\c1ccc(O)cc1Cl)CC[C@H]1OC[C@H]2C1=C(COc1ccccc1)C[C@H]1C(=O)N(C3CCCCC3)C(=O)[C@H]12. The van der Waals surface area contributed by atoms with E-state index < -0.39 is 0 Å². The molecule has 6 rings (SSSR count). The van der Waals surface area contributed by atoms with Gasteiger partial charge < -0.3 is 14.6 Å². The van der Waals surface area contributed by atoms with Crippen molar-refractivity contribution in [1.29, 1.82) is 0 Å². The molecule has 6 nitrogen and oxygen atoms in total. The molecule has 4 atom stereocenters. The summed E-state index contributed by atoms with van der Waals surface area (Å²) in [7, 11) is 0. The molecule has 2 saturated heterocycles. The zero-order valence-corrected chi connectivity index (χ0v) is 24.3. The number of amides is 2. The van der Waals surface area contributed by atoms with Crippen LogP contribution in [0.25, 0.3) is 6.08 Å². The fourth-order valence-corrected chi connectivity index (χ4v) is 7.58. The minimum absolute atomic E-state index is 0.0103. The minimum atomic E-state index is -0.336. The van der Waals surface area contributed by atoms with Gasteiger partial charge in [0.15, 0.2) is 0 Å². The highest BCUT2D eigenvalue weighted by atomic mass is 35.5. The summed E-state index contributed by atoms with van der Waals surface area (Å²) in [6, 6.07) is 14.8. The number of allylic oxidation sites excluding steroid dienone is 1. The van der Waals surface area contributed by atoms with Crippen LogP contribution in [0.3, 0.4) is 0 Å². The van der Waals surface area contributed by atoms with Crippen LogP contribution in [-0.4, -0.2) is 47.2 Å². The van der Waals surface area contributed by atoms with Crippen LogP contribution in [0.5, 0.6) is 11.5 Å². The van der Waals surface area contributed by atoms with Crippen molar-refractivity contribution in [2.24, 2.45) is 17.8 Å². The number of imide groups is 1. The first-order valence-electron chi connectivity index (χ1n) is 14.9. The van der Waals surface area contributed by atoms with Gasteiger partial charge in [-0.05, 0) is 86.1 Å². The third kappa shape index (κ3) is 5.69. The molecule has 2 aromatic rings. The number of fused-ring (bicyclic) bond motifs is 3. The summed E-state index contributed by atoms with van der Waals surface area (Å²) >= 11 is 6.33. The van der Waals surface area contributed by atoms with Crippen molar-refractivity contribution in [1.82, 2.24) is 4.90 Å². The van der Waals surface area contributed by atoms with Gasteiger partial charge in [0.25, 0.3) is 0 Å². The third-order valence-electron chi connectivity index (χ3n) is 9.32. The molecule has 2 aliphatic carbocycles. The highest BCUT2D eigenvalue weighted by Gasteiger charge is 2.58. The van der Waals surface area contributed by atoms with Gasteiger partial charge in [-0.1, -0.05) is 60.7 Å². The summed E-state index contributed by atoms with van der Waals surface area (Å²) in [4.78, 5) is 29.3. The van der Waals surface area contributed by atoms with Gasteiger partial charge in [-0.25, -0.2) is 0 Å². The average Bonchev–Trinajstić information content (AvgIpc) is 3.51. The second-order valence-corrected chi connectivity index (χ2v) is 12.4. The molecular weight excluding hydrogens is 538 g/mol. The number of rotatable bonds is 8. The van der Waals surface area contributed by atoms with Crippen molar-refractivity contribution < 1.29 is 24.2 Å². The molecule has 2 heterocycles. The van der Waals surface area contributed by atoms with E-state index in [1.165, 1.54) is 12.0 Å². The predicted molar refractivity (Wildman–Crippen MR) is 159 cm³/mol. The fraction of sp³-hybridized carbons (Fsp3) is 0.471. The maximum atomic E-state index is 13.9. The molecule has 0 spiro atoms. The number of carbonyl (C=O) groups is 2. The van der Waals surface area contributed by atoms with Gasteiger partial charge in [0.2, 0.25) is 11.8 Å². The van der Waals surface area contributed by atoms with Crippen molar-refractivity contribution in [3.05, 3.63) is 75.8 Å². The van der Waals surface area contributed by atoms with Crippen LogP contribution < -0.4 is 4.74 Å². The summed E-state index contributed by atoms with van der Waals surface area (Å²) in [5, 5.41) is 10.2. The Morgan fingerprint density at radius 1 is 1.07 bits per heavy atom. The molecule has 2 aromatic carbocycles. The number of nitrogens with zero attached hydrogens (tertiary/aromatic N) is 1. The first-order valence-corrected chi connectivity index (χ1v) is 15.3. The molecule has 2 amide bonds. The molecule has 41 heavy (non-hydrogen) atoms. The lowest BCUT2D eigenvalue weighted by Gasteiger charge is -2.32. The molecule has 0 unspecified atom stereocenters. The average molecular weight is 576 g/mol. The lowest BCUT2D eigenvalue weighted by Crippen LogP contribution is -2.42. The molecule has 1 N–H and O–H groups in total. The smallest absolute Gasteiger partial charge is 0.234 e. The van der Waals surface area contributed by atoms with Crippen molar-refractivity contribution in [3.63, 3.8) is 0 Å². The highest BCUT2D eigenvalue weighted by molar-refractivity contribution is 6.32.